The molecule has 0 aromatic rings. The lowest BCUT2D eigenvalue weighted by atomic mass is 10.4. The fourth-order valence-electron chi connectivity index (χ4n) is 0.334. The molecule has 0 heterocycles. The highest BCUT2D eigenvalue weighted by Gasteiger charge is 1.89. The molecule has 0 aromatic carbocycles. The normalized spacial score (nSPS) is 9.88. The molecule has 0 rings (SSSR count). The van der Waals surface area contributed by atoms with E-state index in [1.807, 2.05) is 14.1 Å². The number of hydrogen-bond acceptors (Lipinski definition) is 2. The first-order chi connectivity index (χ1) is 3.63. The van der Waals surface area contributed by atoms with Crippen molar-refractivity contribution in [1.82, 2.24) is 4.90 Å². The number of rotatable bonds is 3. The second kappa shape index (κ2) is 3.80. The minimum atomic E-state index is 0.596. The van der Waals surface area contributed by atoms with Gasteiger partial charge in [0, 0.05) is 13.0 Å². The lowest BCUT2D eigenvalue weighted by Gasteiger charge is -2.06. The Morgan fingerprint density at radius 1 is 1.62 bits per heavy atom. The summed E-state index contributed by atoms with van der Waals surface area (Å²) in [4.78, 5) is 2.65. The van der Waals surface area contributed by atoms with Crippen LogP contribution in [0.15, 0.2) is 0 Å². The molecule has 48 valence electrons. The lowest BCUT2D eigenvalue weighted by Crippen LogP contribution is -2.19. The largest absolute Gasteiger partial charge is 0.393 e. The van der Waals surface area contributed by atoms with Crippen LogP contribution in [0.4, 0.5) is 0 Å². The highest BCUT2D eigenvalue weighted by molar-refractivity contribution is 7.80. The molecular weight excluding hydrogens is 120 g/mol. The zero-order chi connectivity index (χ0) is 6.57. The van der Waals surface area contributed by atoms with E-state index in [9.17, 15) is 0 Å². The van der Waals surface area contributed by atoms with Crippen LogP contribution in [0, 0.1) is 0 Å². The lowest BCUT2D eigenvalue weighted by molar-refractivity contribution is 0.422. The number of thiocarbonyl (C=S) groups is 1. The Balaban J connectivity index is 3.05. The number of hydrogen-bond donors (Lipinski definition) is 1. The third kappa shape index (κ3) is 5.85. The third-order valence-electron chi connectivity index (χ3n) is 0.805. The van der Waals surface area contributed by atoms with Gasteiger partial charge in [-0.1, -0.05) is 12.2 Å². The summed E-state index contributed by atoms with van der Waals surface area (Å²) in [6, 6.07) is 0. The van der Waals surface area contributed by atoms with Gasteiger partial charge in [0.1, 0.15) is 0 Å². The summed E-state index contributed by atoms with van der Waals surface area (Å²) < 4.78 is 0. The van der Waals surface area contributed by atoms with Crippen molar-refractivity contribution in [1.29, 1.82) is 0 Å². The summed E-state index contributed by atoms with van der Waals surface area (Å²) in [6.07, 6.45) is 0.822. The van der Waals surface area contributed by atoms with E-state index in [0.717, 1.165) is 13.0 Å². The summed E-state index contributed by atoms with van der Waals surface area (Å²) in [7, 11) is 4.00. The standard InChI is InChI=1S/C5H12N2S/c1-7(2)4-3-5(6)8/h3-4H2,1-2H3,(H2,6,8). The van der Waals surface area contributed by atoms with Gasteiger partial charge in [-0.3, -0.25) is 0 Å². The molecule has 0 bridgehead atoms. The second-order valence-corrected chi connectivity index (χ2v) is 2.54. The average Bonchev–Trinajstić information content (AvgIpc) is 1.61. The predicted octanol–water partition coefficient (Wildman–Crippen LogP) is 0.224. The SMILES string of the molecule is CN(C)CCC(N)=S. The maximum atomic E-state index is 5.25. The van der Waals surface area contributed by atoms with Crippen LogP contribution in [0.5, 0.6) is 0 Å². The van der Waals surface area contributed by atoms with Gasteiger partial charge in [0.25, 0.3) is 0 Å². The molecule has 0 aliphatic carbocycles. The van der Waals surface area contributed by atoms with Gasteiger partial charge in [-0.05, 0) is 14.1 Å². The van der Waals surface area contributed by atoms with E-state index in [4.69, 9.17) is 5.73 Å². The summed E-state index contributed by atoms with van der Waals surface area (Å²) in [5, 5.41) is 0. The Morgan fingerprint density at radius 3 is 2.25 bits per heavy atom. The molecular formula is C5H12N2S. The molecule has 0 saturated heterocycles. The molecule has 0 atom stereocenters. The quantitative estimate of drug-likeness (QED) is 0.557. The van der Waals surface area contributed by atoms with Crippen molar-refractivity contribution in [2.45, 2.75) is 6.42 Å². The van der Waals surface area contributed by atoms with Gasteiger partial charge in [0.05, 0.1) is 4.99 Å². The average molecular weight is 132 g/mol. The van der Waals surface area contributed by atoms with E-state index >= 15 is 0 Å². The molecule has 2 nitrogen and oxygen atoms in total. The van der Waals surface area contributed by atoms with Crippen LogP contribution in [-0.2, 0) is 0 Å². The molecule has 0 fully saturated rings. The van der Waals surface area contributed by atoms with Crippen molar-refractivity contribution in [3.63, 3.8) is 0 Å². The smallest absolute Gasteiger partial charge is 0.0740 e. The highest BCUT2D eigenvalue weighted by atomic mass is 32.1. The maximum absolute atomic E-state index is 5.25. The summed E-state index contributed by atoms with van der Waals surface area (Å²) in [5.74, 6) is 0. The molecule has 0 aliphatic heterocycles. The van der Waals surface area contributed by atoms with Gasteiger partial charge < -0.3 is 10.6 Å². The van der Waals surface area contributed by atoms with E-state index in [2.05, 4.69) is 17.1 Å². The van der Waals surface area contributed by atoms with Gasteiger partial charge in [0.2, 0.25) is 0 Å². The van der Waals surface area contributed by atoms with Crippen molar-refractivity contribution in [3.8, 4) is 0 Å². The van der Waals surface area contributed by atoms with Crippen molar-refractivity contribution < 1.29 is 0 Å². The van der Waals surface area contributed by atoms with Crippen LogP contribution < -0.4 is 5.73 Å². The molecule has 0 aromatic heterocycles. The van der Waals surface area contributed by atoms with Gasteiger partial charge >= 0.3 is 0 Å². The molecule has 0 radical (unpaired) electrons. The fourth-order valence-corrected chi connectivity index (χ4v) is 0.425. The Morgan fingerprint density at radius 2 is 2.12 bits per heavy atom. The first-order valence-corrected chi connectivity index (χ1v) is 2.97. The molecule has 0 aliphatic rings. The maximum Gasteiger partial charge on any atom is 0.0740 e. The Kier molecular flexibility index (Phi) is 3.73. The first kappa shape index (κ1) is 7.85. The molecule has 0 amide bonds. The van der Waals surface area contributed by atoms with Crippen molar-refractivity contribution in [2.24, 2.45) is 5.73 Å². The Hall–Kier alpha value is -0.150. The summed E-state index contributed by atoms with van der Waals surface area (Å²) in [5.41, 5.74) is 5.25. The van der Waals surface area contributed by atoms with Crippen molar-refractivity contribution in [2.75, 3.05) is 20.6 Å². The van der Waals surface area contributed by atoms with Gasteiger partial charge in [-0.2, -0.15) is 0 Å². The minimum Gasteiger partial charge on any atom is -0.393 e. The van der Waals surface area contributed by atoms with Crippen LogP contribution in [-0.4, -0.2) is 30.5 Å². The topological polar surface area (TPSA) is 29.3 Å². The van der Waals surface area contributed by atoms with E-state index < -0.39 is 0 Å². The zero-order valence-electron chi connectivity index (χ0n) is 5.35. The van der Waals surface area contributed by atoms with Crippen LogP contribution >= 0.6 is 12.2 Å². The van der Waals surface area contributed by atoms with E-state index in [-0.39, 0.29) is 0 Å². The van der Waals surface area contributed by atoms with E-state index in [1.54, 1.807) is 0 Å². The Labute approximate surface area is 55.7 Å². The monoisotopic (exact) mass is 132 g/mol. The zero-order valence-corrected chi connectivity index (χ0v) is 6.16. The molecule has 2 N–H and O–H groups in total. The number of nitrogens with zero attached hydrogens (tertiary/aromatic N) is 1. The molecule has 8 heavy (non-hydrogen) atoms. The fraction of sp³-hybridized carbons (Fsp3) is 0.800. The highest BCUT2D eigenvalue weighted by Crippen LogP contribution is 1.81. The number of nitrogens with two attached hydrogens (primary N) is 1. The third-order valence-corrected chi connectivity index (χ3v) is 1.01. The molecule has 0 unspecified atom stereocenters. The van der Waals surface area contributed by atoms with Crippen molar-refractivity contribution in [3.05, 3.63) is 0 Å². The van der Waals surface area contributed by atoms with Crippen LogP contribution in [0.1, 0.15) is 6.42 Å². The second-order valence-electron chi connectivity index (χ2n) is 2.02. The van der Waals surface area contributed by atoms with Gasteiger partial charge in [-0.25, -0.2) is 0 Å². The van der Waals surface area contributed by atoms with E-state index in [0.29, 0.717) is 4.99 Å². The molecule has 3 heteroatoms. The van der Waals surface area contributed by atoms with Crippen molar-refractivity contribution >= 4 is 17.2 Å². The summed E-state index contributed by atoms with van der Waals surface area (Å²) >= 11 is 4.67. The van der Waals surface area contributed by atoms with E-state index in [1.165, 1.54) is 0 Å². The van der Waals surface area contributed by atoms with Crippen LogP contribution in [0.25, 0.3) is 0 Å². The van der Waals surface area contributed by atoms with Gasteiger partial charge in [-0.15, -0.1) is 0 Å². The minimum absolute atomic E-state index is 0.596. The van der Waals surface area contributed by atoms with Gasteiger partial charge in [0.15, 0.2) is 0 Å². The first-order valence-electron chi connectivity index (χ1n) is 2.56. The summed E-state index contributed by atoms with van der Waals surface area (Å²) in [6.45, 7) is 0.954. The van der Waals surface area contributed by atoms with Crippen LogP contribution in [0.3, 0.4) is 0 Å². The molecule has 0 saturated carbocycles. The predicted molar refractivity (Wildman–Crippen MR) is 40.0 cm³/mol. The Bertz CT molecular complexity index is 80.5. The molecule has 0 spiro atoms. The van der Waals surface area contributed by atoms with Crippen LogP contribution in [0.2, 0.25) is 0 Å².